The van der Waals surface area contributed by atoms with E-state index < -0.39 is 0 Å². The maximum absolute atomic E-state index is 5.83. The lowest BCUT2D eigenvalue weighted by Crippen LogP contribution is -2.02. The molecule has 5 nitrogen and oxygen atoms in total. The monoisotopic (exact) mass is 232 g/mol. The zero-order chi connectivity index (χ0) is 12.3. The molecule has 5 heteroatoms. The number of methoxy groups -OCH3 is 1. The highest BCUT2D eigenvalue weighted by molar-refractivity contribution is 5.40. The normalized spacial score (nSPS) is 10.5. The highest BCUT2D eigenvalue weighted by Gasteiger charge is 2.07. The Labute approximate surface area is 100 Å². The first kappa shape index (κ1) is 11.4. The van der Waals surface area contributed by atoms with E-state index in [9.17, 15) is 0 Å². The van der Waals surface area contributed by atoms with Crippen LogP contribution in [0.3, 0.4) is 0 Å². The molecule has 1 aromatic carbocycles. The van der Waals surface area contributed by atoms with Crippen LogP contribution in [0.1, 0.15) is 19.2 Å². The van der Waals surface area contributed by atoms with Crippen molar-refractivity contribution in [3.63, 3.8) is 0 Å². The summed E-state index contributed by atoms with van der Waals surface area (Å²) in [6.07, 6.45) is 1.85. The molecule has 0 saturated heterocycles. The average molecular weight is 232 g/mol. The predicted octanol–water partition coefficient (Wildman–Crippen LogP) is 1.81. The van der Waals surface area contributed by atoms with Crippen LogP contribution in [0.15, 0.2) is 24.3 Å². The van der Waals surface area contributed by atoms with Crippen molar-refractivity contribution in [2.45, 2.75) is 19.8 Å². The Bertz CT molecular complexity index is 490. The molecule has 90 valence electrons. The van der Waals surface area contributed by atoms with Gasteiger partial charge in [-0.05, 0) is 30.7 Å². The molecule has 0 bridgehead atoms. The first-order valence-electron chi connectivity index (χ1n) is 5.60. The van der Waals surface area contributed by atoms with E-state index in [1.54, 1.807) is 11.8 Å². The minimum Gasteiger partial charge on any atom is -0.497 e. The highest BCUT2D eigenvalue weighted by atomic mass is 16.5. The molecule has 0 fully saturated rings. The van der Waals surface area contributed by atoms with Crippen LogP contribution < -0.4 is 10.5 Å². The molecule has 0 aliphatic heterocycles. The molecule has 0 aliphatic rings. The van der Waals surface area contributed by atoms with Gasteiger partial charge in [0.1, 0.15) is 5.75 Å². The molecule has 0 radical (unpaired) electrons. The Kier molecular flexibility index (Phi) is 3.27. The molecule has 0 amide bonds. The van der Waals surface area contributed by atoms with Crippen molar-refractivity contribution in [3.8, 4) is 11.4 Å². The van der Waals surface area contributed by atoms with Gasteiger partial charge in [0.15, 0.2) is 5.82 Å². The molecule has 2 rings (SSSR count). The minimum atomic E-state index is 0.415. The average Bonchev–Trinajstić information content (AvgIpc) is 2.71. The maximum atomic E-state index is 5.83. The molecule has 2 N–H and O–H groups in total. The van der Waals surface area contributed by atoms with Gasteiger partial charge in [-0.25, -0.2) is 0 Å². The number of hydrogen-bond acceptors (Lipinski definition) is 4. The second-order valence-corrected chi connectivity index (χ2v) is 3.75. The Morgan fingerprint density at radius 2 is 2.00 bits per heavy atom. The van der Waals surface area contributed by atoms with Crippen LogP contribution in [-0.4, -0.2) is 21.9 Å². The minimum absolute atomic E-state index is 0.415. The van der Waals surface area contributed by atoms with Crippen molar-refractivity contribution in [3.05, 3.63) is 30.1 Å². The molecule has 1 heterocycles. The first-order valence-corrected chi connectivity index (χ1v) is 5.60. The highest BCUT2D eigenvalue weighted by Crippen LogP contribution is 2.16. The Hall–Kier alpha value is -2.04. The number of anilines is 1. The number of nitrogens with zero attached hydrogens (tertiary/aromatic N) is 3. The molecular formula is C12H16N4O. The lowest BCUT2D eigenvalue weighted by molar-refractivity contribution is 0.414. The Morgan fingerprint density at radius 3 is 2.59 bits per heavy atom. The zero-order valence-electron chi connectivity index (χ0n) is 10.1. The second kappa shape index (κ2) is 4.86. The summed E-state index contributed by atoms with van der Waals surface area (Å²) in [7, 11) is 1.64. The van der Waals surface area contributed by atoms with E-state index in [1.165, 1.54) is 0 Å². The summed E-state index contributed by atoms with van der Waals surface area (Å²) in [5.74, 6) is 2.00. The summed E-state index contributed by atoms with van der Waals surface area (Å²) < 4.78 is 6.75. The largest absolute Gasteiger partial charge is 0.497 e. The Morgan fingerprint density at radius 1 is 1.29 bits per heavy atom. The van der Waals surface area contributed by atoms with Gasteiger partial charge in [-0.1, -0.05) is 6.92 Å². The van der Waals surface area contributed by atoms with E-state index in [-0.39, 0.29) is 0 Å². The van der Waals surface area contributed by atoms with E-state index in [2.05, 4.69) is 17.0 Å². The number of nitrogens with two attached hydrogens (primary N) is 1. The molecule has 2 aromatic rings. The third-order valence-electron chi connectivity index (χ3n) is 2.47. The van der Waals surface area contributed by atoms with Gasteiger partial charge in [-0.15, -0.1) is 5.10 Å². The number of rotatable bonds is 4. The number of ether oxygens (including phenoxy) is 1. The van der Waals surface area contributed by atoms with Crippen LogP contribution >= 0.6 is 0 Å². The number of aromatic nitrogens is 3. The SMILES string of the molecule is CCCc1nc(N)n(-c2ccc(OC)cc2)n1. The van der Waals surface area contributed by atoms with Crippen molar-refractivity contribution in [1.82, 2.24) is 14.8 Å². The van der Waals surface area contributed by atoms with Crippen LogP contribution in [0.4, 0.5) is 5.95 Å². The zero-order valence-corrected chi connectivity index (χ0v) is 10.1. The lowest BCUT2D eigenvalue weighted by atomic mass is 10.3. The van der Waals surface area contributed by atoms with Gasteiger partial charge in [0.05, 0.1) is 12.8 Å². The number of benzene rings is 1. The number of hydrogen-bond donors (Lipinski definition) is 1. The quantitative estimate of drug-likeness (QED) is 0.873. The van der Waals surface area contributed by atoms with Crippen LogP contribution in [0.2, 0.25) is 0 Å². The summed E-state index contributed by atoms with van der Waals surface area (Å²) >= 11 is 0. The Balaban J connectivity index is 2.31. The summed E-state index contributed by atoms with van der Waals surface area (Å²) in [6.45, 7) is 2.09. The standard InChI is InChI=1S/C12H16N4O/c1-3-4-11-14-12(13)16(15-11)9-5-7-10(17-2)8-6-9/h5-8H,3-4H2,1-2H3,(H2,13,14,15). The van der Waals surface area contributed by atoms with E-state index in [1.807, 2.05) is 24.3 Å². The van der Waals surface area contributed by atoms with Crippen LogP contribution in [0.25, 0.3) is 5.69 Å². The third-order valence-corrected chi connectivity index (χ3v) is 2.47. The summed E-state index contributed by atoms with van der Waals surface area (Å²) in [5.41, 5.74) is 6.72. The maximum Gasteiger partial charge on any atom is 0.223 e. The molecule has 0 unspecified atom stereocenters. The summed E-state index contributed by atoms with van der Waals surface area (Å²) in [5, 5.41) is 4.37. The fourth-order valence-electron chi connectivity index (χ4n) is 1.61. The molecule has 0 saturated carbocycles. The summed E-state index contributed by atoms with van der Waals surface area (Å²) in [4.78, 5) is 4.22. The third kappa shape index (κ3) is 2.38. The van der Waals surface area contributed by atoms with Gasteiger partial charge < -0.3 is 10.5 Å². The van der Waals surface area contributed by atoms with Gasteiger partial charge in [-0.3, -0.25) is 0 Å². The molecule has 0 spiro atoms. The van der Waals surface area contributed by atoms with Crippen molar-refractivity contribution >= 4 is 5.95 Å². The van der Waals surface area contributed by atoms with Crippen molar-refractivity contribution in [2.24, 2.45) is 0 Å². The van der Waals surface area contributed by atoms with Crippen molar-refractivity contribution in [1.29, 1.82) is 0 Å². The van der Waals surface area contributed by atoms with E-state index in [4.69, 9.17) is 10.5 Å². The van der Waals surface area contributed by atoms with Gasteiger partial charge in [0, 0.05) is 6.42 Å². The lowest BCUT2D eigenvalue weighted by Gasteiger charge is -2.03. The predicted molar refractivity (Wildman–Crippen MR) is 66.3 cm³/mol. The van der Waals surface area contributed by atoms with E-state index >= 15 is 0 Å². The molecular weight excluding hydrogens is 216 g/mol. The van der Waals surface area contributed by atoms with E-state index in [0.717, 1.165) is 30.1 Å². The van der Waals surface area contributed by atoms with E-state index in [0.29, 0.717) is 5.95 Å². The molecule has 0 aliphatic carbocycles. The molecule has 1 aromatic heterocycles. The molecule has 0 atom stereocenters. The van der Waals surface area contributed by atoms with Gasteiger partial charge >= 0.3 is 0 Å². The second-order valence-electron chi connectivity index (χ2n) is 3.75. The van der Waals surface area contributed by atoms with Crippen LogP contribution in [0, 0.1) is 0 Å². The van der Waals surface area contributed by atoms with Gasteiger partial charge in [-0.2, -0.15) is 9.67 Å². The fourth-order valence-corrected chi connectivity index (χ4v) is 1.61. The first-order chi connectivity index (χ1) is 8.24. The number of nitrogen functional groups attached to an aromatic ring is 1. The summed E-state index contributed by atoms with van der Waals surface area (Å²) in [6, 6.07) is 7.55. The smallest absolute Gasteiger partial charge is 0.223 e. The topological polar surface area (TPSA) is 66.0 Å². The van der Waals surface area contributed by atoms with Gasteiger partial charge in [0.2, 0.25) is 5.95 Å². The van der Waals surface area contributed by atoms with Gasteiger partial charge in [0.25, 0.3) is 0 Å². The van der Waals surface area contributed by atoms with Crippen LogP contribution in [-0.2, 0) is 6.42 Å². The van der Waals surface area contributed by atoms with Crippen LogP contribution in [0.5, 0.6) is 5.75 Å². The van der Waals surface area contributed by atoms with Crippen molar-refractivity contribution in [2.75, 3.05) is 12.8 Å². The fraction of sp³-hybridized carbons (Fsp3) is 0.333. The van der Waals surface area contributed by atoms with Crippen molar-refractivity contribution < 1.29 is 4.74 Å². The number of aryl methyl sites for hydroxylation is 1. The molecule has 17 heavy (non-hydrogen) atoms.